The summed E-state index contributed by atoms with van der Waals surface area (Å²) in [5, 5.41) is 19.4. The second kappa shape index (κ2) is 10.0. The topological polar surface area (TPSA) is 74.6 Å². The third-order valence-corrected chi connectivity index (χ3v) is 6.43. The van der Waals surface area contributed by atoms with Crippen molar-refractivity contribution in [2.45, 2.75) is 64.4 Å². The van der Waals surface area contributed by atoms with Gasteiger partial charge < -0.3 is 10.2 Å². The molecule has 0 saturated heterocycles. The van der Waals surface area contributed by atoms with Gasteiger partial charge in [-0.2, -0.15) is 0 Å². The van der Waals surface area contributed by atoms with E-state index in [4.69, 9.17) is 5.11 Å². The molecule has 4 nitrogen and oxygen atoms in total. The van der Waals surface area contributed by atoms with Gasteiger partial charge in [0.25, 0.3) is 0 Å². The van der Waals surface area contributed by atoms with Crippen molar-refractivity contribution in [1.29, 1.82) is 0 Å². The highest BCUT2D eigenvalue weighted by Gasteiger charge is 2.32. The van der Waals surface area contributed by atoms with Crippen LogP contribution in [0.25, 0.3) is 0 Å². The van der Waals surface area contributed by atoms with E-state index in [1.165, 1.54) is 11.1 Å². The molecular weight excluding hydrogens is 364 g/mol. The Morgan fingerprint density at radius 1 is 1.14 bits per heavy atom. The highest BCUT2D eigenvalue weighted by molar-refractivity contribution is 5.95. The van der Waals surface area contributed by atoms with E-state index in [0.717, 1.165) is 44.1 Å². The van der Waals surface area contributed by atoms with E-state index in [9.17, 15) is 14.7 Å². The molecule has 0 aliphatic heterocycles. The first kappa shape index (κ1) is 21.5. The minimum absolute atomic E-state index is 0.0429. The number of benzene rings is 1. The maximum absolute atomic E-state index is 12.4. The summed E-state index contributed by atoms with van der Waals surface area (Å²) in [5.74, 6) is -0.327. The Morgan fingerprint density at radius 2 is 1.79 bits per heavy atom. The lowest BCUT2D eigenvalue weighted by Gasteiger charge is -2.19. The van der Waals surface area contributed by atoms with E-state index < -0.39 is 12.1 Å². The molecule has 0 saturated carbocycles. The van der Waals surface area contributed by atoms with Crippen LogP contribution in [0.4, 0.5) is 0 Å². The molecule has 0 fully saturated rings. The zero-order valence-corrected chi connectivity index (χ0v) is 17.2. The molecule has 0 bridgehead atoms. The minimum atomic E-state index is -0.745. The molecule has 0 spiro atoms. The highest BCUT2D eigenvalue weighted by Crippen LogP contribution is 2.35. The first-order valence-electron chi connectivity index (χ1n) is 10.8. The molecule has 1 aromatic rings. The normalized spacial score (nSPS) is 22.8. The van der Waals surface area contributed by atoms with E-state index in [-0.39, 0.29) is 30.0 Å². The van der Waals surface area contributed by atoms with Crippen molar-refractivity contribution in [1.82, 2.24) is 0 Å². The van der Waals surface area contributed by atoms with Gasteiger partial charge in [-0.1, -0.05) is 61.3 Å². The number of carbonyl (C=O) groups excluding carboxylic acids is 1. The number of ketones is 1. The number of aliphatic hydroxyl groups excluding tert-OH is 1. The van der Waals surface area contributed by atoms with Gasteiger partial charge in [0.1, 0.15) is 0 Å². The van der Waals surface area contributed by atoms with Crippen LogP contribution < -0.4 is 0 Å². The van der Waals surface area contributed by atoms with Gasteiger partial charge in [0.2, 0.25) is 0 Å². The van der Waals surface area contributed by atoms with Crippen molar-refractivity contribution >= 4 is 11.8 Å². The Kier molecular flexibility index (Phi) is 7.43. The summed E-state index contributed by atoms with van der Waals surface area (Å²) in [4.78, 5) is 23.0. The quantitative estimate of drug-likeness (QED) is 0.451. The predicted octanol–water partition coefficient (Wildman–Crippen LogP) is 4.51. The van der Waals surface area contributed by atoms with E-state index in [1.807, 2.05) is 31.2 Å². The summed E-state index contributed by atoms with van der Waals surface area (Å²) >= 11 is 0. The number of rotatable bonds is 10. The molecular formula is C25H32O4. The second-order valence-electron chi connectivity index (χ2n) is 8.58. The Hall–Kier alpha value is -2.20. The maximum atomic E-state index is 12.4. The summed E-state index contributed by atoms with van der Waals surface area (Å²) in [7, 11) is 0. The van der Waals surface area contributed by atoms with Crippen LogP contribution >= 0.6 is 0 Å². The van der Waals surface area contributed by atoms with Gasteiger partial charge in [0, 0.05) is 18.3 Å². The minimum Gasteiger partial charge on any atom is -0.481 e. The SMILES string of the molecule is CC1=CC(=O)[C@H](CCCCCCC(=O)O)[C@H]1C=CC(O)C1Cc2ccccc2C1. The van der Waals surface area contributed by atoms with Crippen LogP contribution in [-0.4, -0.2) is 28.1 Å². The van der Waals surface area contributed by atoms with Crippen molar-refractivity contribution in [3.63, 3.8) is 0 Å². The predicted molar refractivity (Wildman–Crippen MR) is 114 cm³/mol. The first-order chi connectivity index (χ1) is 14.0. The zero-order valence-electron chi connectivity index (χ0n) is 17.2. The Bertz CT molecular complexity index is 767. The molecule has 29 heavy (non-hydrogen) atoms. The van der Waals surface area contributed by atoms with Crippen LogP contribution in [0.3, 0.4) is 0 Å². The van der Waals surface area contributed by atoms with Crippen molar-refractivity contribution in [3.05, 3.63) is 59.2 Å². The second-order valence-corrected chi connectivity index (χ2v) is 8.58. The molecule has 0 radical (unpaired) electrons. The average molecular weight is 397 g/mol. The summed E-state index contributed by atoms with van der Waals surface area (Å²) in [5.41, 5.74) is 3.74. The Labute approximate surface area is 173 Å². The van der Waals surface area contributed by atoms with E-state index in [2.05, 4.69) is 12.1 Å². The van der Waals surface area contributed by atoms with Crippen LogP contribution in [0.15, 0.2) is 48.1 Å². The summed E-state index contributed by atoms with van der Waals surface area (Å²) in [6.07, 6.45) is 11.5. The van der Waals surface area contributed by atoms with Crippen molar-refractivity contribution < 1.29 is 19.8 Å². The molecule has 0 amide bonds. The van der Waals surface area contributed by atoms with Gasteiger partial charge in [-0.25, -0.2) is 0 Å². The van der Waals surface area contributed by atoms with Gasteiger partial charge >= 0.3 is 5.97 Å². The number of carboxylic acid groups (broad SMARTS) is 1. The Balaban J connectivity index is 1.50. The number of aliphatic carboxylic acids is 1. The number of hydrogen-bond donors (Lipinski definition) is 2. The summed E-state index contributed by atoms with van der Waals surface area (Å²) in [6.45, 7) is 2.00. The molecule has 0 aromatic heterocycles. The number of hydrogen-bond acceptors (Lipinski definition) is 3. The lowest BCUT2D eigenvalue weighted by Crippen LogP contribution is -2.20. The van der Waals surface area contributed by atoms with Gasteiger partial charge in [-0.05, 0) is 55.7 Å². The molecule has 2 aliphatic carbocycles. The summed E-state index contributed by atoms with van der Waals surface area (Å²) < 4.78 is 0. The fourth-order valence-corrected chi connectivity index (χ4v) is 4.75. The third kappa shape index (κ3) is 5.66. The first-order valence-corrected chi connectivity index (χ1v) is 10.8. The Morgan fingerprint density at radius 3 is 2.45 bits per heavy atom. The summed E-state index contributed by atoms with van der Waals surface area (Å²) in [6, 6.07) is 8.38. The van der Waals surface area contributed by atoms with E-state index in [0.29, 0.717) is 6.42 Å². The fraction of sp³-hybridized carbons (Fsp3) is 0.520. The van der Waals surface area contributed by atoms with Crippen LogP contribution in [0, 0.1) is 17.8 Å². The van der Waals surface area contributed by atoms with Gasteiger partial charge in [-0.15, -0.1) is 0 Å². The van der Waals surface area contributed by atoms with Crippen molar-refractivity contribution in [2.75, 3.05) is 0 Å². The lowest BCUT2D eigenvalue weighted by atomic mass is 9.85. The molecule has 3 atom stereocenters. The number of aliphatic hydroxyl groups is 1. The molecule has 0 heterocycles. The maximum Gasteiger partial charge on any atom is 0.303 e. The van der Waals surface area contributed by atoms with Crippen LogP contribution in [0.5, 0.6) is 0 Å². The lowest BCUT2D eigenvalue weighted by molar-refractivity contribution is -0.137. The molecule has 3 rings (SSSR count). The zero-order chi connectivity index (χ0) is 20.8. The van der Waals surface area contributed by atoms with Crippen LogP contribution in [0.2, 0.25) is 0 Å². The molecule has 1 aromatic carbocycles. The number of carboxylic acids is 1. The van der Waals surface area contributed by atoms with Crippen LogP contribution in [0.1, 0.15) is 56.6 Å². The monoisotopic (exact) mass is 396 g/mol. The van der Waals surface area contributed by atoms with Gasteiger partial charge in [0.15, 0.2) is 5.78 Å². The highest BCUT2D eigenvalue weighted by atomic mass is 16.4. The molecule has 2 N–H and O–H groups in total. The standard InChI is InChI=1S/C25H32O4/c1-17-14-24(27)22(10-4-2-3-5-11-25(28)29)21(17)12-13-23(26)20-15-18-8-6-7-9-19(18)16-20/h6-9,12-14,20-23,26H,2-5,10-11,15-16H2,1H3,(H,28,29)/t21-,22+,23?/m0/s1. The third-order valence-electron chi connectivity index (χ3n) is 6.43. The van der Waals surface area contributed by atoms with E-state index >= 15 is 0 Å². The van der Waals surface area contributed by atoms with Crippen molar-refractivity contribution in [3.8, 4) is 0 Å². The van der Waals surface area contributed by atoms with Gasteiger partial charge in [0.05, 0.1) is 6.10 Å². The number of carbonyl (C=O) groups is 2. The average Bonchev–Trinajstić information content (AvgIpc) is 3.23. The molecule has 2 aliphatic rings. The van der Waals surface area contributed by atoms with Crippen LogP contribution in [-0.2, 0) is 22.4 Å². The largest absolute Gasteiger partial charge is 0.481 e. The fourth-order valence-electron chi connectivity index (χ4n) is 4.75. The number of allylic oxidation sites excluding steroid dienone is 3. The smallest absolute Gasteiger partial charge is 0.303 e. The van der Waals surface area contributed by atoms with E-state index in [1.54, 1.807) is 6.08 Å². The molecule has 1 unspecified atom stereocenters. The number of fused-ring (bicyclic) bond motifs is 1. The molecule has 156 valence electrons. The van der Waals surface area contributed by atoms with Gasteiger partial charge in [-0.3, -0.25) is 9.59 Å². The van der Waals surface area contributed by atoms with Crippen molar-refractivity contribution in [2.24, 2.45) is 17.8 Å². The molecule has 4 heteroatoms. The number of unbranched alkanes of at least 4 members (excludes halogenated alkanes) is 3.